The molecule has 2 nitrogen and oxygen atoms in total. The third-order valence-electron chi connectivity index (χ3n) is 5.50. The lowest BCUT2D eigenvalue weighted by Gasteiger charge is -2.51. The fraction of sp³-hybridized carbons (Fsp3) is 1.00. The molecule has 0 heterocycles. The standard InChI is InChI=1S/C14H28N2/c1-10-13(16)8-12(15)9-14(10,2)11-6-4-3-5-7-11/h10-13H,3-9,15-16H2,1-2H3. The predicted octanol–water partition coefficient (Wildman–Crippen LogP) is 2.66. The van der Waals surface area contributed by atoms with Gasteiger partial charge < -0.3 is 11.5 Å². The van der Waals surface area contributed by atoms with Crippen LogP contribution in [0.3, 0.4) is 0 Å². The van der Waals surface area contributed by atoms with Gasteiger partial charge in [-0.05, 0) is 42.9 Å². The van der Waals surface area contributed by atoms with Crippen molar-refractivity contribution in [1.82, 2.24) is 0 Å². The Labute approximate surface area is 100 Å². The molecule has 0 aromatic carbocycles. The maximum Gasteiger partial charge on any atom is 0.00845 e. The van der Waals surface area contributed by atoms with Gasteiger partial charge in [-0.1, -0.05) is 33.1 Å². The normalized spacial score (nSPS) is 46.9. The SMILES string of the molecule is CC1C(N)CC(N)CC1(C)C1CCCCC1. The van der Waals surface area contributed by atoms with Crippen LogP contribution < -0.4 is 11.5 Å². The minimum atomic E-state index is 0.315. The zero-order chi connectivity index (χ0) is 11.8. The Morgan fingerprint density at radius 3 is 2.31 bits per heavy atom. The molecule has 0 aromatic heterocycles. The summed E-state index contributed by atoms with van der Waals surface area (Å²) in [6, 6.07) is 0.647. The Kier molecular flexibility index (Phi) is 3.60. The van der Waals surface area contributed by atoms with Gasteiger partial charge in [0.2, 0.25) is 0 Å². The second-order valence-electron chi connectivity index (χ2n) is 6.49. The van der Waals surface area contributed by atoms with E-state index in [2.05, 4.69) is 13.8 Å². The first-order valence-corrected chi connectivity index (χ1v) is 7.05. The van der Waals surface area contributed by atoms with Crippen LogP contribution in [0, 0.1) is 17.3 Å². The maximum absolute atomic E-state index is 6.27. The average molecular weight is 224 g/mol. The Morgan fingerprint density at radius 2 is 1.69 bits per heavy atom. The number of nitrogens with two attached hydrogens (primary N) is 2. The first kappa shape index (κ1) is 12.4. The molecule has 0 spiro atoms. The molecule has 0 radical (unpaired) electrons. The minimum Gasteiger partial charge on any atom is -0.328 e. The zero-order valence-electron chi connectivity index (χ0n) is 10.9. The molecule has 0 aromatic rings. The molecule has 2 heteroatoms. The molecule has 0 bridgehead atoms. The molecule has 4 atom stereocenters. The van der Waals surface area contributed by atoms with E-state index in [1.807, 2.05) is 0 Å². The van der Waals surface area contributed by atoms with Crippen LogP contribution in [0.1, 0.15) is 58.8 Å². The van der Waals surface area contributed by atoms with Gasteiger partial charge in [0.05, 0.1) is 0 Å². The molecule has 4 N–H and O–H groups in total. The highest BCUT2D eigenvalue weighted by molar-refractivity contribution is 4.99. The largest absolute Gasteiger partial charge is 0.328 e. The van der Waals surface area contributed by atoms with E-state index in [4.69, 9.17) is 11.5 Å². The van der Waals surface area contributed by atoms with Gasteiger partial charge in [0.25, 0.3) is 0 Å². The van der Waals surface area contributed by atoms with Gasteiger partial charge in [-0.2, -0.15) is 0 Å². The second kappa shape index (κ2) is 4.66. The van der Waals surface area contributed by atoms with E-state index in [0.29, 0.717) is 23.4 Å². The number of rotatable bonds is 1. The maximum atomic E-state index is 6.27. The van der Waals surface area contributed by atoms with Gasteiger partial charge in [-0.25, -0.2) is 0 Å². The van der Waals surface area contributed by atoms with Crippen molar-refractivity contribution in [2.75, 3.05) is 0 Å². The van der Waals surface area contributed by atoms with E-state index >= 15 is 0 Å². The molecule has 2 saturated carbocycles. The van der Waals surface area contributed by atoms with Crippen LogP contribution in [0.5, 0.6) is 0 Å². The number of hydrogen-bond acceptors (Lipinski definition) is 2. The summed E-state index contributed by atoms with van der Waals surface area (Å²) in [5, 5.41) is 0. The summed E-state index contributed by atoms with van der Waals surface area (Å²) in [7, 11) is 0. The first-order valence-electron chi connectivity index (χ1n) is 7.05. The van der Waals surface area contributed by atoms with E-state index in [1.54, 1.807) is 0 Å². The second-order valence-corrected chi connectivity index (χ2v) is 6.49. The van der Waals surface area contributed by atoms with E-state index < -0.39 is 0 Å². The smallest absolute Gasteiger partial charge is 0.00845 e. The predicted molar refractivity (Wildman–Crippen MR) is 69.0 cm³/mol. The van der Waals surface area contributed by atoms with Crippen LogP contribution >= 0.6 is 0 Å². The van der Waals surface area contributed by atoms with Crippen molar-refractivity contribution in [3.8, 4) is 0 Å². The van der Waals surface area contributed by atoms with Crippen LogP contribution in [-0.2, 0) is 0 Å². The summed E-state index contributed by atoms with van der Waals surface area (Å²) in [6.45, 7) is 4.80. The highest BCUT2D eigenvalue weighted by Crippen LogP contribution is 2.50. The lowest BCUT2D eigenvalue weighted by molar-refractivity contribution is 0.0119. The third kappa shape index (κ3) is 2.14. The highest BCUT2D eigenvalue weighted by atomic mass is 14.8. The molecule has 4 unspecified atom stereocenters. The van der Waals surface area contributed by atoms with Crippen molar-refractivity contribution in [2.45, 2.75) is 70.9 Å². The van der Waals surface area contributed by atoms with Gasteiger partial charge in [0, 0.05) is 12.1 Å². The summed E-state index contributed by atoms with van der Waals surface area (Å²) in [5.74, 6) is 1.50. The van der Waals surface area contributed by atoms with Crippen molar-refractivity contribution in [3.63, 3.8) is 0 Å². The molecule has 2 rings (SSSR count). The minimum absolute atomic E-state index is 0.315. The molecular weight excluding hydrogens is 196 g/mol. The monoisotopic (exact) mass is 224 g/mol. The van der Waals surface area contributed by atoms with Gasteiger partial charge in [-0.3, -0.25) is 0 Å². The molecule has 2 fully saturated rings. The van der Waals surface area contributed by atoms with Crippen LogP contribution in [0.15, 0.2) is 0 Å². The fourth-order valence-corrected chi connectivity index (χ4v) is 4.18. The van der Waals surface area contributed by atoms with E-state index in [0.717, 1.165) is 12.3 Å². The van der Waals surface area contributed by atoms with Crippen molar-refractivity contribution >= 4 is 0 Å². The Morgan fingerprint density at radius 1 is 1.06 bits per heavy atom. The number of hydrogen-bond donors (Lipinski definition) is 2. The van der Waals surface area contributed by atoms with Crippen molar-refractivity contribution in [1.29, 1.82) is 0 Å². The Balaban J connectivity index is 2.13. The lowest BCUT2D eigenvalue weighted by Crippen LogP contribution is -2.53. The van der Waals surface area contributed by atoms with Crippen LogP contribution in [0.25, 0.3) is 0 Å². The Bertz CT molecular complexity index is 235. The molecular formula is C14H28N2. The molecule has 2 aliphatic rings. The average Bonchev–Trinajstić information content (AvgIpc) is 2.27. The topological polar surface area (TPSA) is 52.0 Å². The zero-order valence-corrected chi connectivity index (χ0v) is 10.9. The van der Waals surface area contributed by atoms with Crippen LogP contribution in [-0.4, -0.2) is 12.1 Å². The summed E-state index contributed by atoms with van der Waals surface area (Å²) in [6.07, 6.45) is 9.27. The van der Waals surface area contributed by atoms with E-state index in [9.17, 15) is 0 Å². The Hall–Kier alpha value is -0.0800. The van der Waals surface area contributed by atoms with Gasteiger partial charge in [-0.15, -0.1) is 0 Å². The molecule has 0 aliphatic heterocycles. The quantitative estimate of drug-likeness (QED) is 0.719. The summed E-state index contributed by atoms with van der Waals surface area (Å²) >= 11 is 0. The summed E-state index contributed by atoms with van der Waals surface area (Å²) in [4.78, 5) is 0. The van der Waals surface area contributed by atoms with Gasteiger partial charge in [0.15, 0.2) is 0 Å². The highest BCUT2D eigenvalue weighted by Gasteiger charge is 2.45. The molecule has 0 saturated heterocycles. The molecule has 16 heavy (non-hydrogen) atoms. The van der Waals surface area contributed by atoms with Crippen LogP contribution in [0.4, 0.5) is 0 Å². The summed E-state index contributed by atoms with van der Waals surface area (Å²) < 4.78 is 0. The van der Waals surface area contributed by atoms with Crippen molar-refractivity contribution in [3.05, 3.63) is 0 Å². The van der Waals surface area contributed by atoms with Gasteiger partial charge >= 0.3 is 0 Å². The van der Waals surface area contributed by atoms with Crippen molar-refractivity contribution < 1.29 is 0 Å². The van der Waals surface area contributed by atoms with E-state index in [1.165, 1.54) is 38.5 Å². The molecule has 0 amide bonds. The summed E-state index contributed by atoms with van der Waals surface area (Å²) in [5.41, 5.74) is 12.9. The molecule has 94 valence electrons. The van der Waals surface area contributed by atoms with Gasteiger partial charge in [0.1, 0.15) is 0 Å². The third-order valence-corrected chi connectivity index (χ3v) is 5.50. The lowest BCUT2D eigenvalue weighted by atomic mass is 9.56. The first-order chi connectivity index (χ1) is 7.54. The van der Waals surface area contributed by atoms with E-state index in [-0.39, 0.29) is 0 Å². The van der Waals surface area contributed by atoms with Crippen LogP contribution in [0.2, 0.25) is 0 Å². The fourth-order valence-electron chi connectivity index (χ4n) is 4.18. The van der Waals surface area contributed by atoms with Crippen molar-refractivity contribution in [2.24, 2.45) is 28.7 Å². The molecule has 2 aliphatic carbocycles.